The van der Waals surface area contributed by atoms with Crippen molar-refractivity contribution < 1.29 is 24.2 Å². The number of phenols is 1. The lowest BCUT2D eigenvalue weighted by Crippen LogP contribution is -2.62. The largest absolute Gasteiger partial charge is 0.508 e. The highest BCUT2D eigenvalue weighted by Gasteiger charge is 2.38. The van der Waals surface area contributed by atoms with Gasteiger partial charge in [-0.25, -0.2) is 0 Å². The number of rotatable bonds is 7. The summed E-state index contributed by atoms with van der Waals surface area (Å²) in [4.78, 5) is 42.4. The Bertz CT molecular complexity index is 1150. The van der Waals surface area contributed by atoms with Crippen LogP contribution in [0.2, 0.25) is 0 Å². The maximum absolute atomic E-state index is 13.9. The average molecular weight is 537 g/mol. The van der Waals surface area contributed by atoms with Gasteiger partial charge in [0.05, 0.1) is 6.04 Å². The molecule has 2 aliphatic rings. The lowest BCUT2D eigenvalue weighted by molar-refractivity contribution is -0.136. The van der Waals surface area contributed by atoms with Crippen LogP contribution < -0.4 is 20.7 Å². The van der Waals surface area contributed by atoms with Crippen LogP contribution in [0.1, 0.15) is 38.8 Å². The summed E-state index contributed by atoms with van der Waals surface area (Å²) < 4.78 is 6.31. The molecule has 0 fully saturated rings. The molecule has 2 bridgehead atoms. The zero-order chi connectivity index (χ0) is 28.7. The molecule has 2 heterocycles. The van der Waals surface area contributed by atoms with E-state index in [2.05, 4.69) is 16.0 Å². The van der Waals surface area contributed by atoms with Gasteiger partial charge < -0.3 is 25.8 Å². The minimum absolute atomic E-state index is 0.00709. The standard InChI is InChI=1S/C30H40N4O5/c1-18(2)26(34(5)6)30(38)33-25-27(19(3)4)39-23-13-9-20(10-14-23)15-16-31-28(36)24(32-29(25)37)17-21-7-11-22(35)12-8-21/h7-16,18-19,24-27,35H,17H2,1-6H3,(H,31,36)(H,32,37)(H,33,38)/b16-15+. The number of carbonyl (C=O) groups is 3. The molecule has 4 N–H and O–H groups in total. The lowest BCUT2D eigenvalue weighted by Gasteiger charge is -2.34. The number of carbonyl (C=O) groups excluding carboxylic acids is 3. The molecule has 0 saturated heterocycles. The normalized spacial score (nSPS) is 21.6. The molecule has 0 saturated carbocycles. The van der Waals surface area contributed by atoms with E-state index in [9.17, 15) is 19.5 Å². The number of hydrogen-bond donors (Lipinski definition) is 4. The van der Waals surface area contributed by atoms with Crippen molar-refractivity contribution in [1.29, 1.82) is 0 Å². The van der Waals surface area contributed by atoms with Gasteiger partial charge in [0.15, 0.2) is 0 Å². The first kappa shape index (κ1) is 29.7. The number of amides is 3. The molecule has 2 aromatic rings. The van der Waals surface area contributed by atoms with Crippen LogP contribution in [0.3, 0.4) is 0 Å². The Morgan fingerprint density at radius 3 is 2.21 bits per heavy atom. The predicted molar refractivity (Wildman–Crippen MR) is 151 cm³/mol. The molecule has 2 aromatic carbocycles. The molecule has 39 heavy (non-hydrogen) atoms. The molecule has 4 atom stereocenters. The molecule has 0 aromatic heterocycles. The fraction of sp³-hybridized carbons (Fsp3) is 0.433. The second kappa shape index (κ2) is 13.3. The summed E-state index contributed by atoms with van der Waals surface area (Å²) in [5.74, 6) is -0.744. The van der Waals surface area contributed by atoms with Gasteiger partial charge in [0.25, 0.3) is 0 Å². The summed E-state index contributed by atoms with van der Waals surface area (Å²) in [7, 11) is 3.64. The Morgan fingerprint density at radius 1 is 1.00 bits per heavy atom. The maximum atomic E-state index is 13.9. The van der Waals surface area contributed by atoms with Gasteiger partial charge in [0.2, 0.25) is 17.7 Å². The van der Waals surface area contributed by atoms with Gasteiger partial charge in [0.1, 0.15) is 29.7 Å². The van der Waals surface area contributed by atoms with Crippen LogP contribution in [-0.2, 0) is 20.8 Å². The molecule has 0 aliphatic carbocycles. The molecular weight excluding hydrogens is 496 g/mol. The minimum atomic E-state index is -1.08. The number of likely N-dealkylation sites (N-methyl/N-ethyl adjacent to an activating group) is 1. The van der Waals surface area contributed by atoms with Gasteiger partial charge in [-0.3, -0.25) is 19.3 Å². The SMILES string of the molecule is CC(C)C1Oc2ccc(cc2)/C=C/NC(=O)C(Cc2ccc(O)cc2)NC(=O)C1NC(=O)C(C(C)C)N(C)C. The maximum Gasteiger partial charge on any atom is 0.247 e. The fourth-order valence-electron chi connectivity index (χ4n) is 4.73. The Hall–Kier alpha value is -3.85. The summed E-state index contributed by atoms with van der Waals surface area (Å²) in [6.07, 6.45) is 2.74. The smallest absolute Gasteiger partial charge is 0.247 e. The van der Waals surface area contributed by atoms with Crippen LogP contribution >= 0.6 is 0 Å². The number of benzene rings is 2. The number of nitrogens with one attached hydrogen (secondary N) is 3. The fourth-order valence-corrected chi connectivity index (χ4v) is 4.73. The van der Waals surface area contributed by atoms with E-state index in [1.807, 2.05) is 58.8 Å². The summed E-state index contributed by atoms with van der Waals surface area (Å²) in [6, 6.07) is 11.2. The first-order chi connectivity index (χ1) is 18.5. The van der Waals surface area contributed by atoms with Crippen LogP contribution in [0, 0.1) is 11.8 Å². The van der Waals surface area contributed by atoms with Gasteiger partial charge >= 0.3 is 0 Å². The minimum Gasteiger partial charge on any atom is -0.508 e. The Kier molecular flexibility index (Phi) is 10.1. The van der Waals surface area contributed by atoms with Crippen molar-refractivity contribution in [3.8, 4) is 11.5 Å². The van der Waals surface area contributed by atoms with Gasteiger partial charge in [0, 0.05) is 12.6 Å². The van der Waals surface area contributed by atoms with Crippen molar-refractivity contribution in [2.24, 2.45) is 11.8 Å². The summed E-state index contributed by atoms with van der Waals surface area (Å²) in [5, 5.41) is 18.2. The Labute approximate surface area is 230 Å². The van der Waals surface area contributed by atoms with E-state index in [0.717, 1.165) is 11.1 Å². The van der Waals surface area contributed by atoms with Crippen molar-refractivity contribution in [2.45, 2.75) is 58.3 Å². The molecular formula is C30H40N4O5. The zero-order valence-corrected chi connectivity index (χ0v) is 23.5. The number of fused-ring (bicyclic) bond motifs is 10. The van der Waals surface area contributed by atoms with E-state index in [1.54, 1.807) is 30.3 Å². The highest BCUT2D eigenvalue weighted by Crippen LogP contribution is 2.21. The second-order valence-electron chi connectivity index (χ2n) is 10.8. The molecule has 2 aliphatic heterocycles. The molecule has 0 radical (unpaired) electrons. The number of ether oxygens (including phenoxy) is 1. The van der Waals surface area contributed by atoms with Crippen LogP contribution in [-0.4, -0.2) is 66.1 Å². The molecule has 9 heteroatoms. The lowest BCUT2D eigenvalue weighted by atomic mass is 9.95. The van der Waals surface area contributed by atoms with Crippen molar-refractivity contribution >= 4 is 23.8 Å². The van der Waals surface area contributed by atoms with Crippen LogP contribution in [0.4, 0.5) is 0 Å². The molecule has 9 nitrogen and oxygen atoms in total. The molecule has 0 spiro atoms. The first-order valence-corrected chi connectivity index (χ1v) is 13.2. The van der Waals surface area contributed by atoms with E-state index in [0.29, 0.717) is 5.75 Å². The van der Waals surface area contributed by atoms with Crippen LogP contribution in [0.5, 0.6) is 11.5 Å². The molecule has 4 unspecified atom stereocenters. The van der Waals surface area contributed by atoms with Crippen LogP contribution in [0.15, 0.2) is 54.7 Å². The number of phenolic OH excluding ortho intramolecular Hbond substituents is 1. The van der Waals surface area contributed by atoms with E-state index < -0.39 is 36.0 Å². The highest BCUT2D eigenvalue weighted by molar-refractivity contribution is 5.94. The Morgan fingerprint density at radius 2 is 1.64 bits per heavy atom. The monoisotopic (exact) mass is 536 g/mol. The second-order valence-corrected chi connectivity index (χ2v) is 10.8. The van der Waals surface area contributed by atoms with E-state index in [1.165, 1.54) is 18.3 Å². The summed E-state index contributed by atoms with van der Waals surface area (Å²) >= 11 is 0. The third-order valence-electron chi connectivity index (χ3n) is 6.69. The summed E-state index contributed by atoms with van der Waals surface area (Å²) in [5.41, 5.74) is 1.61. The van der Waals surface area contributed by atoms with Gasteiger partial charge in [-0.1, -0.05) is 52.0 Å². The number of aromatic hydroxyl groups is 1. The van der Waals surface area contributed by atoms with Crippen molar-refractivity contribution in [2.75, 3.05) is 14.1 Å². The third-order valence-corrected chi connectivity index (χ3v) is 6.69. The van der Waals surface area contributed by atoms with Gasteiger partial charge in [-0.05, 0) is 67.4 Å². The predicted octanol–water partition coefficient (Wildman–Crippen LogP) is 2.69. The first-order valence-electron chi connectivity index (χ1n) is 13.2. The van der Waals surface area contributed by atoms with Gasteiger partial charge in [-0.15, -0.1) is 0 Å². The summed E-state index contributed by atoms with van der Waals surface area (Å²) in [6.45, 7) is 7.73. The van der Waals surface area contributed by atoms with Crippen molar-refractivity contribution in [3.63, 3.8) is 0 Å². The molecule has 4 rings (SSSR count). The quantitative estimate of drug-likeness (QED) is 0.432. The van der Waals surface area contributed by atoms with E-state index in [4.69, 9.17) is 4.74 Å². The van der Waals surface area contributed by atoms with E-state index in [-0.39, 0.29) is 29.9 Å². The van der Waals surface area contributed by atoms with Gasteiger partial charge in [-0.2, -0.15) is 0 Å². The van der Waals surface area contributed by atoms with E-state index >= 15 is 0 Å². The highest BCUT2D eigenvalue weighted by atomic mass is 16.5. The molecule has 210 valence electrons. The zero-order valence-electron chi connectivity index (χ0n) is 23.5. The third kappa shape index (κ3) is 8.07. The topological polar surface area (TPSA) is 120 Å². The molecule has 3 amide bonds. The van der Waals surface area contributed by atoms with Crippen molar-refractivity contribution in [1.82, 2.24) is 20.9 Å². The van der Waals surface area contributed by atoms with Crippen LogP contribution in [0.25, 0.3) is 6.08 Å². The van der Waals surface area contributed by atoms with Crippen molar-refractivity contribution in [3.05, 3.63) is 65.9 Å². The Balaban J connectivity index is 2.03. The average Bonchev–Trinajstić information content (AvgIpc) is 2.86. The number of hydrogen-bond acceptors (Lipinski definition) is 6. The number of nitrogens with zero attached hydrogens (tertiary/aromatic N) is 1.